The molecule has 0 fully saturated rings. The van der Waals surface area contributed by atoms with E-state index in [2.05, 4.69) is 24.9 Å². The van der Waals surface area contributed by atoms with Gasteiger partial charge in [-0.2, -0.15) is 12.6 Å². The van der Waals surface area contributed by atoms with Crippen molar-refractivity contribution < 1.29 is 14.7 Å². The summed E-state index contributed by atoms with van der Waals surface area (Å²) >= 11 is 4.02. The Bertz CT molecular complexity index is 426. The third-order valence-electron chi connectivity index (χ3n) is 5.25. The fourth-order valence-electron chi connectivity index (χ4n) is 3.42. The molecule has 0 aliphatic heterocycles. The summed E-state index contributed by atoms with van der Waals surface area (Å²) < 4.78 is 0. The SMILES string of the molecule is CCCCCCCCCCCCCCCCC=CC(CC(=O)NCCS)C(=O)O. The lowest BCUT2D eigenvalue weighted by Gasteiger charge is -2.08. The first kappa shape index (κ1) is 28.0. The number of carbonyl (C=O) groups is 2. The number of amides is 1. The lowest BCUT2D eigenvalue weighted by atomic mass is 10.0. The number of carboxylic acid groups (broad SMARTS) is 1. The molecule has 29 heavy (non-hydrogen) atoms. The van der Waals surface area contributed by atoms with E-state index in [-0.39, 0.29) is 12.3 Å². The Kier molecular flexibility index (Phi) is 21.0. The Morgan fingerprint density at radius 3 is 1.79 bits per heavy atom. The van der Waals surface area contributed by atoms with Gasteiger partial charge in [0, 0.05) is 18.7 Å². The predicted octanol–water partition coefficient (Wildman–Crippen LogP) is 6.55. The average molecular weight is 428 g/mol. The molecule has 0 saturated carbocycles. The van der Waals surface area contributed by atoms with E-state index in [1.165, 1.54) is 83.5 Å². The fraction of sp³-hybridized carbons (Fsp3) is 0.833. The minimum Gasteiger partial charge on any atom is -0.481 e. The van der Waals surface area contributed by atoms with Gasteiger partial charge in [-0.25, -0.2) is 0 Å². The smallest absolute Gasteiger partial charge is 0.310 e. The molecule has 0 aromatic heterocycles. The second-order valence-corrected chi connectivity index (χ2v) is 8.48. The van der Waals surface area contributed by atoms with E-state index < -0.39 is 11.9 Å². The highest BCUT2D eigenvalue weighted by atomic mass is 32.1. The highest BCUT2D eigenvalue weighted by molar-refractivity contribution is 7.80. The number of nitrogens with one attached hydrogen (secondary N) is 1. The van der Waals surface area contributed by atoms with Crippen molar-refractivity contribution in [2.75, 3.05) is 12.3 Å². The van der Waals surface area contributed by atoms with Crippen LogP contribution < -0.4 is 5.32 Å². The second kappa shape index (κ2) is 21.7. The first-order chi connectivity index (χ1) is 14.1. The van der Waals surface area contributed by atoms with Crippen LogP contribution in [0.1, 0.15) is 110 Å². The van der Waals surface area contributed by atoms with Gasteiger partial charge in [-0.3, -0.25) is 9.59 Å². The van der Waals surface area contributed by atoms with Crippen molar-refractivity contribution in [1.29, 1.82) is 0 Å². The topological polar surface area (TPSA) is 66.4 Å². The third-order valence-corrected chi connectivity index (χ3v) is 5.47. The molecule has 0 heterocycles. The van der Waals surface area contributed by atoms with Crippen LogP contribution in [-0.4, -0.2) is 29.3 Å². The van der Waals surface area contributed by atoms with E-state index in [4.69, 9.17) is 0 Å². The molecule has 2 N–H and O–H groups in total. The zero-order chi connectivity index (χ0) is 21.6. The van der Waals surface area contributed by atoms with E-state index in [9.17, 15) is 14.7 Å². The van der Waals surface area contributed by atoms with E-state index in [1.807, 2.05) is 6.08 Å². The number of unbranched alkanes of at least 4 members (excludes halogenated alkanes) is 14. The van der Waals surface area contributed by atoms with E-state index >= 15 is 0 Å². The summed E-state index contributed by atoms with van der Waals surface area (Å²) in [6, 6.07) is 0. The Morgan fingerprint density at radius 2 is 1.34 bits per heavy atom. The van der Waals surface area contributed by atoms with Gasteiger partial charge in [0.1, 0.15) is 0 Å². The Labute approximate surface area is 184 Å². The Hall–Kier alpha value is -0.970. The van der Waals surface area contributed by atoms with Crippen LogP contribution in [-0.2, 0) is 9.59 Å². The number of aliphatic carboxylic acids is 1. The molecule has 0 aliphatic rings. The van der Waals surface area contributed by atoms with Crippen molar-refractivity contribution in [3.63, 3.8) is 0 Å². The number of hydrogen-bond donors (Lipinski definition) is 3. The van der Waals surface area contributed by atoms with E-state index in [0.29, 0.717) is 12.3 Å². The average Bonchev–Trinajstić information content (AvgIpc) is 2.70. The van der Waals surface area contributed by atoms with Crippen molar-refractivity contribution in [3.05, 3.63) is 12.2 Å². The third kappa shape index (κ3) is 20.1. The molecular weight excluding hydrogens is 382 g/mol. The molecule has 5 heteroatoms. The summed E-state index contributed by atoms with van der Waals surface area (Å²) in [6.45, 7) is 2.73. The molecule has 0 saturated heterocycles. The lowest BCUT2D eigenvalue weighted by molar-refractivity contribution is -0.142. The van der Waals surface area contributed by atoms with Gasteiger partial charge in [0.05, 0.1) is 5.92 Å². The number of thiol groups is 1. The first-order valence-corrected chi connectivity index (χ1v) is 12.5. The van der Waals surface area contributed by atoms with Crippen molar-refractivity contribution >= 4 is 24.5 Å². The molecule has 1 atom stereocenters. The van der Waals surface area contributed by atoms with Gasteiger partial charge in [-0.05, 0) is 12.8 Å². The van der Waals surface area contributed by atoms with Gasteiger partial charge < -0.3 is 10.4 Å². The first-order valence-electron chi connectivity index (χ1n) is 11.9. The van der Waals surface area contributed by atoms with Gasteiger partial charge >= 0.3 is 5.97 Å². The molecule has 1 unspecified atom stereocenters. The summed E-state index contributed by atoms with van der Waals surface area (Å²) in [5.74, 6) is -1.35. The van der Waals surface area contributed by atoms with Gasteiger partial charge in [0.15, 0.2) is 0 Å². The maximum Gasteiger partial charge on any atom is 0.310 e. The van der Waals surface area contributed by atoms with Crippen molar-refractivity contribution in [3.8, 4) is 0 Å². The predicted molar refractivity (Wildman–Crippen MR) is 127 cm³/mol. The maximum atomic E-state index is 11.6. The van der Waals surface area contributed by atoms with Crippen LogP contribution >= 0.6 is 12.6 Å². The highest BCUT2D eigenvalue weighted by Gasteiger charge is 2.17. The number of carbonyl (C=O) groups excluding carboxylic acids is 1. The normalized spacial score (nSPS) is 12.3. The molecule has 0 aliphatic carbocycles. The molecule has 0 spiro atoms. The summed E-state index contributed by atoms with van der Waals surface area (Å²) in [7, 11) is 0. The quantitative estimate of drug-likeness (QED) is 0.110. The minimum absolute atomic E-state index is 0.00164. The van der Waals surface area contributed by atoms with Crippen LogP contribution in [0.5, 0.6) is 0 Å². The van der Waals surface area contributed by atoms with E-state index in [0.717, 1.165) is 12.8 Å². The summed E-state index contributed by atoms with van der Waals surface area (Å²) in [5.41, 5.74) is 0. The molecule has 0 radical (unpaired) electrons. The van der Waals surface area contributed by atoms with Gasteiger partial charge in [-0.15, -0.1) is 0 Å². The monoisotopic (exact) mass is 427 g/mol. The molecule has 1 amide bonds. The van der Waals surface area contributed by atoms with Crippen molar-refractivity contribution in [1.82, 2.24) is 5.32 Å². The molecular formula is C24H45NO3S. The number of allylic oxidation sites excluding steroid dienone is 1. The number of hydrogen-bond acceptors (Lipinski definition) is 3. The Balaban J connectivity index is 3.53. The molecule has 0 rings (SSSR count). The standard InChI is InChI=1S/C24H45NO3S/c1-2-3-4-5-6-7-8-9-10-11-12-13-14-15-16-17-18-22(24(27)28)21-23(26)25-19-20-29/h17-18,22,29H,2-16,19-21H2,1H3,(H,25,26)(H,27,28). The van der Waals surface area contributed by atoms with Crippen LogP contribution in [0.25, 0.3) is 0 Å². The van der Waals surface area contributed by atoms with Gasteiger partial charge in [0.25, 0.3) is 0 Å². The zero-order valence-corrected chi connectivity index (χ0v) is 19.6. The Morgan fingerprint density at radius 1 is 0.862 bits per heavy atom. The second-order valence-electron chi connectivity index (χ2n) is 8.04. The van der Waals surface area contributed by atoms with E-state index in [1.54, 1.807) is 6.08 Å². The van der Waals surface area contributed by atoms with Crippen LogP contribution in [0, 0.1) is 5.92 Å². The number of rotatable bonds is 21. The molecule has 0 aromatic rings. The summed E-state index contributed by atoms with van der Waals surface area (Å²) in [5, 5.41) is 11.9. The summed E-state index contributed by atoms with van der Waals surface area (Å²) in [6.07, 6.45) is 23.2. The van der Waals surface area contributed by atoms with Crippen molar-refractivity contribution in [2.45, 2.75) is 110 Å². The van der Waals surface area contributed by atoms with Crippen LogP contribution in [0.4, 0.5) is 0 Å². The van der Waals surface area contributed by atoms with Crippen LogP contribution in [0.2, 0.25) is 0 Å². The molecule has 4 nitrogen and oxygen atoms in total. The van der Waals surface area contributed by atoms with Gasteiger partial charge in [-0.1, -0.05) is 103 Å². The maximum absolute atomic E-state index is 11.6. The van der Waals surface area contributed by atoms with Gasteiger partial charge in [0.2, 0.25) is 5.91 Å². The lowest BCUT2D eigenvalue weighted by Crippen LogP contribution is -2.29. The van der Waals surface area contributed by atoms with Crippen molar-refractivity contribution in [2.24, 2.45) is 5.92 Å². The largest absolute Gasteiger partial charge is 0.481 e. The number of carboxylic acids is 1. The molecule has 170 valence electrons. The zero-order valence-electron chi connectivity index (χ0n) is 18.7. The molecule has 0 bridgehead atoms. The summed E-state index contributed by atoms with van der Waals surface area (Å²) in [4.78, 5) is 22.9. The minimum atomic E-state index is -0.941. The molecule has 0 aromatic carbocycles. The van der Waals surface area contributed by atoms with Crippen LogP contribution in [0.15, 0.2) is 12.2 Å². The highest BCUT2D eigenvalue weighted by Crippen LogP contribution is 2.14. The fourth-order valence-corrected chi connectivity index (χ4v) is 3.53. The van der Waals surface area contributed by atoms with Crippen LogP contribution in [0.3, 0.4) is 0 Å².